The van der Waals surface area contributed by atoms with Crippen molar-refractivity contribution < 1.29 is 14.3 Å². The van der Waals surface area contributed by atoms with Gasteiger partial charge in [0.15, 0.2) is 0 Å². The molecular formula is C25H37N5O4. The number of rotatable bonds is 5. The summed E-state index contributed by atoms with van der Waals surface area (Å²) in [5, 5.41) is 4.62. The molecule has 1 aromatic heterocycles. The average molecular weight is 472 g/mol. The van der Waals surface area contributed by atoms with Crippen molar-refractivity contribution in [3.8, 4) is 11.4 Å². The van der Waals surface area contributed by atoms with Gasteiger partial charge in [0.2, 0.25) is 0 Å². The lowest BCUT2D eigenvalue weighted by molar-refractivity contribution is 0.0138. The standard InChI is InChI=1S/C25H37N5O4/c1-25(2,3)34-24(32)29-14-5-7-18(16-29)15-28-13-6-8-19(17-28)22-26-23(31)30(27-22)20-9-11-21(33-4)12-10-20/h9-12,18-19H,5-8,13-17H2,1-4H3,(H,26,27,31)/t18?,19-/m0/s1. The fraction of sp³-hybridized carbons (Fsp3) is 0.640. The summed E-state index contributed by atoms with van der Waals surface area (Å²) in [5.74, 6) is 2.09. The summed E-state index contributed by atoms with van der Waals surface area (Å²) in [6.45, 7) is 10.0. The summed E-state index contributed by atoms with van der Waals surface area (Å²) >= 11 is 0. The lowest BCUT2D eigenvalue weighted by Crippen LogP contribution is -2.47. The minimum atomic E-state index is -0.476. The highest BCUT2D eigenvalue weighted by molar-refractivity contribution is 5.68. The first-order valence-corrected chi connectivity index (χ1v) is 12.3. The van der Waals surface area contributed by atoms with Crippen LogP contribution < -0.4 is 10.4 Å². The number of nitrogens with zero attached hydrogens (tertiary/aromatic N) is 4. The second kappa shape index (κ2) is 10.2. The normalized spacial score (nSPS) is 21.9. The van der Waals surface area contributed by atoms with Gasteiger partial charge in [-0.3, -0.25) is 4.98 Å². The lowest BCUT2D eigenvalue weighted by Gasteiger charge is -2.38. The Bertz CT molecular complexity index is 1020. The van der Waals surface area contributed by atoms with Crippen molar-refractivity contribution in [2.45, 2.75) is 58.0 Å². The number of aromatic nitrogens is 3. The van der Waals surface area contributed by atoms with Gasteiger partial charge < -0.3 is 19.3 Å². The third-order valence-electron chi connectivity index (χ3n) is 6.53. The zero-order valence-corrected chi connectivity index (χ0v) is 20.7. The number of likely N-dealkylation sites (tertiary alicyclic amines) is 2. The second-order valence-electron chi connectivity index (χ2n) is 10.5. The fourth-order valence-corrected chi connectivity index (χ4v) is 4.94. The maximum atomic E-state index is 12.6. The van der Waals surface area contributed by atoms with Crippen molar-refractivity contribution in [2.24, 2.45) is 5.92 Å². The third-order valence-corrected chi connectivity index (χ3v) is 6.53. The molecule has 186 valence electrons. The molecule has 2 fully saturated rings. The molecule has 1 amide bonds. The summed E-state index contributed by atoms with van der Waals surface area (Å²) < 4.78 is 12.2. The van der Waals surface area contributed by atoms with Gasteiger partial charge in [-0.1, -0.05) is 0 Å². The molecule has 3 heterocycles. The quantitative estimate of drug-likeness (QED) is 0.719. The predicted octanol–water partition coefficient (Wildman–Crippen LogP) is 3.40. The van der Waals surface area contributed by atoms with E-state index >= 15 is 0 Å². The molecule has 1 aromatic carbocycles. The Morgan fingerprint density at radius 1 is 1.12 bits per heavy atom. The number of carbonyl (C=O) groups excluding carboxylic acids is 1. The van der Waals surface area contributed by atoms with Crippen molar-refractivity contribution in [1.29, 1.82) is 0 Å². The molecule has 2 aromatic rings. The number of aromatic amines is 1. The van der Waals surface area contributed by atoms with Gasteiger partial charge >= 0.3 is 11.8 Å². The fourth-order valence-electron chi connectivity index (χ4n) is 4.94. The van der Waals surface area contributed by atoms with Crippen LogP contribution in [0, 0.1) is 5.92 Å². The minimum absolute atomic E-state index is 0.187. The highest BCUT2D eigenvalue weighted by atomic mass is 16.6. The van der Waals surface area contributed by atoms with Crippen molar-refractivity contribution in [3.63, 3.8) is 0 Å². The first-order valence-electron chi connectivity index (χ1n) is 12.3. The third kappa shape index (κ3) is 6.00. The van der Waals surface area contributed by atoms with Crippen LogP contribution in [0.1, 0.15) is 58.2 Å². The summed E-state index contributed by atoms with van der Waals surface area (Å²) in [7, 11) is 1.62. The molecule has 4 rings (SSSR count). The van der Waals surface area contributed by atoms with Gasteiger partial charge in [0.25, 0.3) is 0 Å². The number of methoxy groups -OCH3 is 1. The van der Waals surface area contributed by atoms with E-state index < -0.39 is 5.60 Å². The van der Waals surface area contributed by atoms with Crippen molar-refractivity contribution in [1.82, 2.24) is 24.6 Å². The molecule has 0 bridgehead atoms. The highest BCUT2D eigenvalue weighted by Crippen LogP contribution is 2.27. The number of carbonyl (C=O) groups is 1. The molecule has 9 nitrogen and oxygen atoms in total. The molecule has 2 saturated heterocycles. The monoisotopic (exact) mass is 471 g/mol. The van der Waals surface area contributed by atoms with Gasteiger partial charge in [-0.2, -0.15) is 4.68 Å². The lowest BCUT2D eigenvalue weighted by atomic mass is 9.93. The predicted molar refractivity (Wildman–Crippen MR) is 130 cm³/mol. The second-order valence-corrected chi connectivity index (χ2v) is 10.5. The van der Waals surface area contributed by atoms with Crippen LogP contribution >= 0.6 is 0 Å². The molecule has 0 aliphatic carbocycles. The SMILES string of the molecule is COc1ccc(-n2nc([C@H]3CCCN(CC4CCCN(C(=O)OC(C)(C)C)C4)C3)[nH]c2=O)cc1. The number of piperidine rings is 2. The number of benzene rings is 1. The van der Waals surface area contributed by atoms with Crippen molar-refractivity contribution in [3.05, 3.63) is 40.6 Å². The van der Waals surface area contributed by atoms with E-state index in [2.05, 4.69) is 15.0 Å². The summed E-state index contributed by atoms with van der Waals surface area (Å²) in [4.78, 5) is 32.4. The molecule has 0 spiro atoms. The van der Waals surface area contributed by atoms with E-state index in [9.17, 15) is 9.59 Å². The van der Waals surface area contributed by atoms with Gasteiger partial charge in [0.05, 0.1) is 12.8 Å². The smallest absolute Gasteiger partial charge is 0.410 e. The topological polar surface area (TPSA) is 92.7 Å². The number of nitrogens with one attached hydrogen (secondary N) is 1. The van der Waals surface area contributed by atoms with Gasteiger partial charge in [-0.05, 0) is 83.2 Å². The van der Waals surface area contributed by atoms with Gasteiger partial charge in [0.1, 0.15) is 17.2 Å². The number of H-pyrrole nitrogens is 1. The van der Waals surface area contributed by atoms with E-state index in [1.807, 2.05) is 49.9 Å². The van der Waals surface area contributed by atoms with Crippen LogP contribution in [0.15, 0.2) is 29.1 Å². The molecule has 1 N–H and O–H groups in total. The van der Waals surface area contributed by atoms with E-state index in [1.165, 1.54) is 4.68 Å². The molecule has 0 saturated carbocycles. The van der Waals surface area contributed by atoms with Crippen LogP contribution in [0.4, 0.5) is 4.79 Å². The first kappa shape index (κ1) is 24.3. The maximum Gasteiger partial charge on any atom is 0.410 e. The van der Waals surface area contributed by atoms with Crippen LogP contribution in [0.5, 0.6) is 5.75 Å². The van der Waals surface area contributed by atoms with Gasteiger partial charge in [-0.15, -0.1) is 5.10 Å². The van der Waals surface area contributed by atoms with Crippen LogP contribution in [0.2, 0.25) is 0 Å². The summed E-state index contributed by atoms with van der Waals surface area (Å²) in [6.07, 6.45) is 3.96. The minimum Gasteiger partial charge on any atom is -0.497 e. The van der Waals surface area contributed by atoms with E-state index in [1.54, 1.807) is 7.11 Å². The molecule has 1 unspecified atom stereocenters. The maximum absolute atomic E-state index is 12.6. The molecule has 2 aliphatic rings. The van der Waals surface area contributed by atoms with Crippen molar-refractivity contribution >= 4 is 6.09 Å². The van der Waals surface area contributed by atoms with Crippen LogP contribution in [0.3, 0.4) is 0 Å². The van der Waals surface area contributed by atoms with E-state index in [-0.39, 0.29) is 17.7 Å². The van der Waals surface area contributed by atoms with Gasteiger partial charge in [0, 0.05) is 32.1 Å². The summed E-state index contributed by atoms with van der Waals surface area (Å²) in [6, 6.07) is 7.31. The van der Waals surface area contributed by atoms with Crippen LogP contribution in [-0.4, -0.2) is 76.1 Å². The molecule has 0 radical (unpaired) electrons. The Balaban J connectivity index is 1.37. The number of ether oxygens (including phenoxy) is 2. The van der Waals surface area contributed by atoms with E-state index in [0.29, 0.717) is 11.6 Å². The summed E-state index contributed by atoms with van der Waals surface area (Å²) in [5.41, 5.74) is 0.0129. The highest BCUT2D eigenvalue weighted by Gasteiger charge is 2.31. The first-order chi connectivity index (χ1) is 16.2. The van der Waals surface area contributed by atoms with E-state index in [0.717, 1.165) is 70.0 Å². The average Bonchev–Trinajstić information content (AvgIpc) is 3.20. The number of hydrogen-bond donors (Lipinski definition) is 1. The molecule has 2 aliphatic heterocycles. The largest absolute Gasteiger partial charge is 0.497 e. The molecule has 2 atom stereocenters. The Morgan fingerprint density at radius 3 is 2.56 bits per heavy atom. The number of hydrogen-bond acceptors (Lipinski definition) is 6. The van der Waals surface area contributed by atoms with Crippen LogP contribution in [0.25, 0.3) is 5.69 Å². The Hall–Kier alpha value is -2.81. The zero-order chi connectivity index (χ0) is 24.3. The van der Waals surface area contributed by atoms with Crippen molar-refractivity contribution in [2.75, 3.05) is 39.8 Å². The van der Waals surface area contributed by atoms with Crippen LogP contribution in [-0.2, 0) is 4.74 Å². The Labute approximate surface area is 201 Å². The zero-order valence-electron chi connectivity index (χ0n) is 20.7. The van der Waals surface area contributed by atoms with Gasteiger partial charge in [-0.25, -0.2) is 9.59 Å². The molecule has 9 heteroatoms. The van der Waals surface area contributed by atoms with E-state index in [4.69, 9.17) is 9.47 Å². The number of amides is 1. The Kier molecular flexibility index (Phi) is 7.30. The Morgan fingerprint density at radius 2 is 1.85 bits per heavy atom. The molecule has 34 heavy (non-hydrogen) atoms. The molecular weight excluding hydrogens is 434 g/mol.